The van der Waals surface area contributed by atoms with Gasteiger partial charge in [0.05, 0.1) is 38.2 Å². The number of piperazine rings is 1. The molecule has 1 heterocycles. The number of carbonyl (C=O) groups excluding carboxylic acids is 1. The molecule has 28 heavy (non-hydrogen) atoms. The molecular weight excluding hydrogens is 385 g/mol. The molecule has 0 spiro atoms. The molecule has 2 N–H and O–H groups in total. The van der Waals surface area contributed by atoms with Crippen LogP contribution in [0.2, 0.25) is 0 Å². The normalized spacial score (nSPS) is 15.9. The molecule has 0 saturated carbocycles. The van der Waals surface area contributed by atoms with E-state index >= 15 is 0 Å². The minimum atomic E-state index is -3.57. The summed E-state index contributed by atoms with van der Waals surface area (Å²) in [6.45, 7) is 1.90. The van der Waals surface area contributed by atoms with Crippen molar-refractivity contribution in [2.75, 3.05) is 45.2 Å². The Bertz CT molecular complexity index is 926. The van der Waals surface area contributed by atoms with Gasteiger partial charge < -0.3 is 15.0 Å². The Balaban J connectivity index is 1.54. The van der Waals surface area contributed by atoms with E-state index in [4.69, 9.17) is 4.74 Å². The van der Waals surface area contributed by atoms with Crippen LogP contribution in [-0.2, 0) is 14.8 Å². The smallest absolute Gasteiger partial charge is 0.279 e. The van der Waals surface area contributed by atoms with Gasteiger partial charge in [0.25, 0.3) is 5.91 Å². The van der Waals surface area contributed by atoms with Crippen LogP contribution in [0.25, 0.3) is 0 Å². The van der Waals surface area contributed by atoms with Crippen LogP contribution >= 0.6 is 0 Å². The Morgan fingerprint density at radius 2 is 1.86 bits per heavy atom. The zero-order valence-electron chi connectivity index (χ0n) is 15.5. The number of ether oxygens (including phenoxy) is 1. The van der Waals surface area contributed by atoms with Crippen LogP contribution in [0.3, 0.4) is 0 Å². The zero-order valence-corrected chi connectivity index (χ0v) is 16.3. The van der Waals surface area contributed by atoms with E-state index < -0.39 is 15.8 Å². The monoisotopic (exact) mass is 408 g/mol. The van der Waals surface area contributed by atoms with Crippen molar-refractivity contribution < 1.29 is 27.2 Å². The van der Waals surface area contributed by atoms with Gasteiger partial charge in [-0.1, -0.05) is 6.07 Å². The lowest BCUT2D eigenvalue weighted by molar-refractivity contribution is -0.895. The van der Waals surface area contributed by atoms with Gasteiger partial charge in [0.1, 0.15) is 11.6 Å². The molecule has 0 radical (unpaired) electrons. The van der Waals surface area contributed by atoms with Crippen molar-refractivity contribution >= 4 is 21.6 Å². The third-order valence-corrected chi connectivity index (χ3v) is 6.56. The second-order valence-corrected chi connectivity index (χ2v) is 8.50. The molecule has 150 valence electrons. The maximum Gasteiger partial charge on any atom is 0.279 e. The van der Waals surface area contributed by atoms with Crippen molar-refractivity contribution in [3.8, 4) is 5.75 Å². The molecule has 1 amide bonds. The molecular formula is C19H23FN3O4S+. The number of quaternary nitrogens is 1. The Kier molecular flexibility index (Phi) is 6.28. The lowest BCUT2D eigenvalue weighted by Crippen LogP contribution is -3.15. The topological polar surface area (TPSA) is 80.2 Å². The Morgan fingerprint density at radius 1 is 1.18 bits per heavy atom. The van der Waals surface area contributed by atoms with Gasteiger partial charge in [0.15, 0.2) is 6.54 Å². The van der Waals surface area contributed by atoms with Crippen LogP contribution in [0.1, 0.15) is 0 Å². The lowest BCUT2D eigenvalue weighted by atomic mass is 10.3. The summed E-state index contributed by atoms with van der Waals surface area (Å²) in [7, 11) is -2.05. The Hall–Kier alpha value is -2.49. The number of carbonyl (C=O) groups is 1. The summed E-state index contributed by atoms with van der Waals surface area (Å²) in [6, 6.07) is 12.0. The quantitative estimate of drug-likeness (QED) is 0.724. The standard InChI is InChI=1S/C19H22FN3O4S/c1-27-17-5-7-18(8-6-17)28(25,26)23-11-9-22(10-12-23)14-19(24)21-16-4-2-3-15(20)13-16/h2-8,13H,9-12,14H2,1H3,(H,21,24)/p+1. The fraction of sp³-hybridized carbons (Fsp3) is 0.316. The number of hydrogen-bond acceptors (Lipinski definition) is 4. The van der Waals surface area contributed by atoms with E-state index in [1.54, 1.807) is 18.2 Å². The number of benzene rings is 2. The summed E-state index contributed by atoms with van der Waals surface area (Å²) in [5.41, 5.74) is 0.408. The summed E-state index contributed by atoms with van der Waals surface area (Å²) in [5, 5.41) is 2.66. The number of nitrogens with one attached hydrogen (secondary N) is 2. The highest BCUT2D eigenvalue weighted by Crippen LogP contribution is 2.19. The fourth-order valence-electron chi connectivity index (χ4n) is 3.11. The van der Waals surface area contributed by atoms with Crippen LogP contribution in [0.5, 0.6) is 5.75 Å². The van der Waals surface area contributed by atoms with Crippen LogP contribution in [0.15, 0.2) is 53.4 Å². The molecule has 2 aromatic rings. The highest BCUT2D eigenvalue weighted by molar-refractivity contribution is 7.89. The van der Waals surface area contributed by atoms with E-state index in [9.17, 15) is 17.6 Å². The largest absolute Gasteiger partial charge is 0.497 e. The van der Waals surface area contributed by atoms with Crippen molar-refractivity contribution in [3.05, 3.63) is 54.3 Å². The molecule has 3 rings (SSSR count). The first-order chi connectivity index (χ1) is 13.4. The van der Waals surface area contributed by atoms with E-state index in [-0.39, 0.29) is 17.3 Å². The summed E-state index contributed by atoms with van der Waals surface area (Å²) in [5.74, 6) is -0.0490. The summed E-state index contributed by atoms with van der Waals surface area (Å²) in [4.78, 5) is 13.4. The highest BCUT2D eigenvalue weighted by Gasteiger charge is 2.31. The minimum absolute atomic E-state index is 0.201. The SMILES string of the molecule is COc1ccc(S(=O)(=O)N2CC[NH+](CC(=O)Nc3cccc(F)c3)CC2)cc1. The van der Waals surface area contributed by atoms with E-state index in [0.29, 0.717) is 37.6 Å². The van der Waals surface area contributed by atoms with Crippen LogP contribution < -0.4 is 15.0 Å². The number of methoxy groups -OCH3 is 1. The molecule has 0 unspecified atom stereocenters. The molecule has 0 bridgehead atoms. The van der Waals surface area contributed by atoms with Gasteiger partial charge in [0.2, 0.25) is 10.0 Å². The molecule has 1 aliphatic heterocycles. The van der Waals surface area contributed by atoms with Crippen molar-refractivity contribution in [1.29, 1.82) is 0 Å². The van der Waals surface area contributed by atoms with Gasteiger partial charge in [-0.15, -0.1) is 0 Å². The number of halogens is 1. The predicted octanol–water partition coefficient (Wildman–Crippen LogP) is 0.362. The molecule has 7 nitrogen and oxygen atoms in total. The first-order valence-corrected chi connectivity index (χ1v) is 10.4. The highest BCUT2D eigenvalue weighted by atomic mass is 32.2. The van der Waals surface area contributed by atoms with Gasteiger partial charge in [0, 0.05) is 5.69 Å². The summed E-state index contributed by atoms with van der Waals surface area (Å²) >= 11 is 0. The van der Waals surface area contributed by atoms with E-state index in [2.05, 4.69) is 5.32 Å². The minimum Gasteiger partial charge on any atom is -0.497 e. The molecule has 2 aromatic carbocycles. The van der Waals surface area contributed by atoms with Crippen molar-refractivity contribution in [3.63, 3.8) is 0 Å². The van der Waals surface area contributed by atoms with Gasteiger partial charge >= 0.3 is 0 Å². The third-order valence-electron chi connectivity index (χ3n) is 4.65. The number of anilines is 1. The Morgan fingerprint density at radius 3 is 2.46 bits per heavy atom. The maximum absolute atomic E-state index is 13.2. The number of hydrogen-bond donors (Lipinski definition) is 2. The Labute approximate surface area is 163 Å². The van der Waals surface area contributed by atoms with Crippen LogP contribution in [0, 0.1) is 5.82 Å². The van der Waals surface area contributed by atoms with Crippen LogP contribution in [-0.4, -0.2) is 58.5 Å². The number of amides is 1. The fourth-order valence-corrected chi connectivity index (χ4v) is 4.56. The third kappa shape index (κ3) is 4.86. The van der Waals surface area contributed by atoms with Crippen molar-refractivity contribution in [2.24, 2.45) is 0 Å². The average molecular weight is 408 g/mol. The molecule has 1 saturated heterocycles. The maximum atomic E-state index is 13.2. The number of sulfonamides is 1. The molecule has 0 aromatic heterocycles. The van der Waals surface area contributed by atoms with Crippen molar-refractivity contribution in [2.45, 2.75) is 4.90 Å². The number of rotatable bonds is 6. The second-order valence-electron chi connectivity index (χ2n) is 6.56. The van der Waals surface area contributed by atoms with Crippen LogP contribution in [0.4, 0.5) is 10.1 Å². The first-order valence-electron chi connectivity index (χ1n) is 8.91. The van der Waals surface area contributed by atoms with Crippen molar-refractivity contribution in [1.82, 2.24) is 4.31 Å². The predicted molar refractivity (Wildman–Crippen MR) is 102 cm³/mol. The zero-order chi connectivity index (χ0) is 20.1. The van der Waals surface area contributed by atoms with E-state index in [1.165, 1.54) is 41.7 Å². The molecule has 0 atom stereocenters. The summed E-state index contributed by atoms with van der Waals surface area (Å²) < 4.78 is 45.2. The lowest BCUT2D eigenvalue weighted by Gasteiger charge is -2.31. The second kappa shape index (κ2) is 8.68. The summed E-state index contributed by atoms with van der Waals surface area (Å²) in [6.07, 6.45) is 0. The average Bonchev–Trinajstić information content (AvgIpc) is 2.68. The molecule has 1 fully saturated rings. The number of nitrogens with zero attached hydrogens (tertiary/aromatic N) is 1. The first kappa shape index (κ1) is 20.2. The molecule has 1 aliphatic rings. The molecule has 0 aliphatic carbocycles. The van der Waals surface area contributed by atoms with Gasteiger partial charge in [-0.05, 0) is 42.5 Å². The van der Waals surface area contributed by atoms with Gasteiger partial charge in [-0.25, -0.2) is 12.8 Å². The van der Waals surface area contributed by atoms with E-state index in [1.807, 2.05) is 0 Å². The molecule has 9 heteroatoms. The van der Waals surface area contributed by atoms with E-state index in [0.717, 1.165) is 4.90 Å². The van der Waals surface area contributed by atoms with Gasteiger partial charge in [-0.2, -0.15) is 4.31 Å². The van der Waals surface area contributed by atoms with Gasteiger partial charge in [-0.3, -0.25) is 4.79 Å².